The Kier molecular flexibility index (Phi) is 9.82. The SMILES string of the molecule is CC(C)Oc1cc2c(cc1Nc1ncc(Cl)c(Nc3ccccc3S(=O)(=O)C(C)C)n1)C(=O)N(C1CCN(C(=O)C3CCCN3)CC1)C2. The van der Waals surface area contributed by atoms with Gasteiger partial charge in [0.25, 0.3) is 5.91 Å². The minimum Gasteiger partial charge on any atom is -0.489 e. The molecule has 3 aliphatic rings. The standard InChI is InChI=1S/C34H42ClN7O5S/c1-20(2)47-29-16-22-19-42(23-11-14-41(15-12-23)33(44)27-9-7-13-36-27)32(43)24(22)17-28(29)39-34-37-18-25(35)31(40-34)38-26-8-5-6-10-30(26)48(45,46)21(3)4/h5-6,8,10,16-18,20-21,23,27,36H,7,9,11-15,19H2,1-4H3,(H2,37,38,39,40). The molecule has 48 heavy (non-hydrogen) atoms. The van der Waals surface area contributed by atoms with E-state index in [4.69, 9.17) is 16.3 Å². The molecule has 0 aliphatic carbocycles. The van der Waals surface area contributed by atoms with Gasteiger partial charge >= 0.3 is 0 Å². The monoisotopic (exact) mass is 695 g/mol. The van der Waals surface area contributed by atoms with E-state index in [0.717, 1.165) is 37.8 Å². The first-order chi connectivity index (χ1) is 22.9. The maximum absolute atomic E-state index is 13.8. The predicted octanol–water partition coefficient (Wildman–Crippen LogP) is 5.29. The number of aromatic nitrogens is 2. The van der Waals surface area contributed by atoms with Crippen LogP contribution in [0.4, 0.5) is 23.1 Å². The second-order valence-electron chi connectivity index (χ2n) is 13.0. The van der Waals surface area contributed by atoms with E-state index >= 15 is 0 Å². The average Bonchev–Trinajstić information content (AvgIpc) is 3.71. The van der Waals surface area contributed by atoms with E-state index in [0.29, 0.717) is 42.3 Å². The normalized spacial score (nSPS) is 18.5. The Hall–Kier alpha value is -3.94. The van der Waals surface area contributed by atoms with Gasteiger partial charge in [-0.25, -0.2) is 13.4 Å². The molecule has 2 saturated heterocycles. The van der Waals surface area contributed by atoms with Crippen LogP contribution in [0.1, 0.15) is 69.3 Å². The van der Waals surface area contributed by atoms with Crippen molar-refractivity contribution in [2.75, 3.05) is 30.3 Å². The fourth-order valence-corrected chi connectivity index (χ4v) is 7.79. The van der Waals surface area contributed by atoms with E-state index < -0.39 is 15.1 Å². The van der Waals surface area contributed by atoms with Gasteiger partial charge in [0.1, 0.15) is 10.8 Å². The smallest absolute Gasteiger partial charge is 0.254 e. The van der Waals surface area contributed by atoms with Crippen LogP contribution in [0, 0.1) is 0 Å². The molecule has 12 nitrogen and oxygen atoms in total. The number of benzene rings is 2. The van der Waals surface area contributed by atoms with Crippen molar-refractivity contribution in [1.29, 1.82) is 0 Å². The highest BCUT2D eigenvalue weighted by Crippen LogP contribution is 2.38. The summed E-state index contributed by atoms with van der Waals surface area (Å²) in [6.07, 6.45) is 4.64. The molecule has 0 spiro atoms. The van der Waals surface area contributed by atoms with E-state index in [2.05, 4.69) is 25.9 Å². The molecule has 2 aromatic carbocycles. The first kappa shape index (κ1) is 33.9. The van der Waals surface area contributed by atoms with Gasteiger partial charge in [0.15, 0.2) is 15.7 Å². The number of amides is 2. The first-order valence-corrected chi connectivity index (χ1v) is 18.4. The number of para-hydroxylation sites is 1. The zero-order valence-electron chi connectivity index (χ0n) is 27.6. The Morgan fingerprint density at radius 3 is 2.50 bits per heavy atom. The zero-order valence-corrected chi connectivity index (χ0v) is 29.2. The van der Waals surface area contributed by atoms with Crippen molar-refractivity contribution in [3.05, 3.63) is 58.7 Å². The van der Waals surface area contributed by atoms with Crippen LogP contribution < -0.4 is 20.7 Å². The minimum atomic E-state index is -3.59. The van der Waals surface area contributed by atoms with E-state index in [-0.39, 0.29) is 51.7 Å². The molecule has 3 aromatic rings. The van der Waals surface area contributed by atoms with Gasteiger partial charge in [-0.2, -0.15) is 4.98 Å². The number of piperidine rings is 1. The number of hydrogen-bond donors (Lipinski definition) is 3. The van der Waals surface area contributed by atoms with Gasteiger partial charge in [0.05, 0.1) is 39.9 Å². The van der Waals surface area contributed by atoms with Gasteiger partial charge in [-0.1, -0.05) is 23.7 Å². The molecular weight excluding hydrogens is 654 g/mol. The maximum atomic E-state index is 13.8. The third kappa shape index (κ3) is 6.94. The van der Waals surface area contributed by atoms with Crippen LogP contribution in [0.5, 0.6) is 5.75 Å². The van der Waals surface area contributed by atoms with Gasteiger partial charge in [0.2, 0.25) is 11.9 Å². The lowest BCUT2D eigenvalue weighted by Crippen LogP contribution is -2.50. The van der Waals surface area contributed by atoms with Crippen LogP contribution in [0.25, 0.3) is 0 Å². The summed E-state index contributed by atoms with van der Waals surface area (Å²) in [7, 11) is -3.59. The van der Waals surface area contributed by atoms with Crippen LogP contribution >= 0.6 is 11.6 Å². The number of carbonyl (C=O) groups excluding carboxylic acids is 2. The minimum absolute atomic E-state index is 0.0342. The molecule has 1 unspecified atom stereocenters. The number of nitrogens with zero attached hydrogens (tertiary/aromatic N) is 4. The largest absolute Gasteiger partial charge is 0.489 e. The highest BCUT2D eigenvalue weighted by molar-refractivity contribution is 7.92. The van der Waals surface area contributed by atoms with E-state index in [1.807, 2.05) is 29.7 Å². The molecular formula is C34H42ClN7O5S. The molecule has 1 aromatic heterocycles. The Morgan fingerprint density at radius 2 is 1.81 bits per heavy atom. The number of ether oxygens (including phenoxy) is 1. The fraction of sp³-hybridized carbons (Fsp3) is 0.471. The Bertz CT molecular complexity index is 1810. The molecule has 1 atom stereocenters. The molecule has 0 saturated carbocycles. The molecule has 3 aliphatic heterocycles. The first-order valence-electron chi connectivity index (χ1n) is 16.5. The van der Waals surface area contributed by atoms with Crippen molar-refractivity contribution < 1.29 is 22.7 Å². The molecule has 3 N–H and O–H groups in total. The number of likely N-dealkylation sites (tertiary alicyclic amines) is 1. The third-order valence-electron chi connectivity index (χ3n) is 9.03. The summed E-state index contributed by atoms with van der Waals surface area (Å²) in [6.45, 7) is 9.73. The number of sulfone groups is 1. The maximum Gasteiger partial charge on any atom is 0.254 e. The molecule has 256 valence electrons. The van der Waals surface area contributed by atoms with Crippen LogP contribution in [0.2, 0.25) is 5.02 Å². The predicted molar refractivity (Wildman–Crippen MR) is 185 cm³/mol. The summed E-state index contributed by atoms with van der Waals surface area (Å²) < 4.78 is 32.2. The number of carbonyl (C=O) groups is 2. The number of rotatable bonds is 10. The van der Waals surface area contributed by atoms with Crippen molar-refractivity contribution in [2.24, 2.45) is 0 Å². The van der Waals surface area contributed by atoms with Crippen LogP contribution in [-0.4, -0.2) is 83.1 Å². The molecule has 2 fully saturated rings. The van der Waals surface area contributed by atoms with Crippen molar-refractivity contribution >= 4 is 56.4 Å². The van der Waals surface area contributed by atoms with Crippen LogP contribution in [0.3, 0.4) is 0 Å². The van der Waals surface area contributed by atoms with Crippen LogP contribution in [-0.2, 0) is 21.2 Å². The second kappa shape index (κ2) is 13.9. The quantitative estimate of drug-likeness (QED) is 0.256. The van der Waals surface area contributed by atoms with E-state index in [1.54, 1.807) is 44.2 Å². The molecule has 4 heterocycles. The van der Waals surface area contributed by atoms with Gasteiger partial charge in [-0.3, -0.25) is 9.59 Å². The number of hydrogen-bond acceptors (Lipinski definition) is 10. The molecule has 2 amide bonds. The van der Waals surface area contributed by atoms with E-state index in [1.165, 1.54) is 6.20 Å². The third-order valence-corrected chi connectivity index (χ3v) is 11.5. The fourth-order valence-electron chi connectivity index (χ4n) is 6.45. The van der Waals surface area contributed by atoms with Gasteiger partial charge in [-0.15, -0.1) is 0 Å². The van der Waals surface area contributed by atoms with Crippen molar-refractivity contribution in [3.63, 3.8) is 0 Å². The Balaban J connectivity index is 1.21. The number of fused-ring (bicyclic) bond motifs is 1. The highest BCUT2D eigenvalue weighted by Gasteiger charge is 2.37. The average molecular weight is 696 g/mol. The lowest BCUT2D eigenvalue weighted by molar-refractivity contribution is -0.134. The lowest BCUT2D eigenvalue weighted by atomic mass is 10.0. The summed E-state index contributed by atoms with van der Waals surface area (Å²) in [5.74, 6) is 1.04. The molecule has 6 rings (SSSR count). The van der Waals surface area contributed by atoms with Gasteiger partial charge < -0.3 is 30.5 Å². The van der Waals surface area contributed by atoms with Crippen molar-refractivity contribution in [2.45, 2.75) is 88.3 Å². The van der Waals surface area contributed by atoms with Gasteiger partial charge in [-0.05, 0) is 89.8 Å². The topological polar surface area (TPSA) is 146 Å². The van der Waals surface area contributed by atoms with E-state index in [9.17, 15) is 18.0 Å². The summed E-state index contributed by atoms with van der Waals surface area (Å²) in [6, 6.07) is 10.2. The second-order valence-corrected chi connectivity index (χ2v) is 15.9. The zero-order chi connectivity index (χ0) is 34.2. The Labute approximate surface area is 286 Å². The number of anilines is 4. The van der Waals surface area contributed by atoms with Gasteiger partial charge in [0, 0.05) is 31.2 Å². The number of nitrogens with one attached hydrogen (secondary N) is 3. The van der Waals surface area contributed by atoms with Crippen molar-refractivity contribution in [3.8, 4) is 5.75 Å². The molecule has 0 bridgehead atoms. The van der Waals surface area contributed by atoms with Crippen molar-refractivity contribution in [1.82, 2.24) is 25.1 Å². The molecule has 0 radical (unpaired) electrons. The Morgan fingerprint density at radius 1 is 1.06 bits per heavy atom. The summed E-state index contributed by atoms with van der Waals surface area (Å²) in [5.41, 5.74) is 2.30. The summed E-state index contributed by atoms with van der Waals surface area (Å²) in [4.78, 5) is 39.6. The number of halogens is 1. The lowest BCUT2D eigenvalue weighted by Gasteiger charge is -2.37. The molecule has 14 heteroatoms. The van der Waals surface area contributed by atoms with Crippen LogP contribution in [0.15, 0.2) is 47.5 Å². The summed E-state index contributed by atoms with van der Waals surface area (Å²) >= 11 is 6.46. The highest BCUT2D eigenvalue weighted by atomic mass is 35.5. The summed E-state index contributed by atoms with van der Waals surface area (Å²) in [5, 5.41) is 9.14.